The Balaban J connectivity index is 2.99. The molecule has 0 unspecified atom stereocenters. The van der Waals surface area contributed by atoms with E-state index in [0.29, 0.717) is 11.5 Å². The first kappa shape index (κ1) is 13.3. The molecule has 0 aliphatic rings. The van der Waals surface area contributed by atoms with Gasteiger partial charge in [0.1, 0.15) is 0 Å². The van der Waals surface area contributed by atoms with Crippen molar-refractivity contribution < 1.29 is 14.3 Å². The second-order valence-corrected chi connectivity index (χ2v) is 3.83. The van der Waals surface area contributed by atoms with Gasteiger partial charge in [-0.1, -0.05) is 0 Å². The van der Waals surface area contributed by atoms with Gasteiger partial charge in [0.25, 0.3) is 0 Å². The maximum Gasteiger partial charge on any atom is 0.332 e. The van der Waals surface area contributed by atoms with Crippen molar-refractivity contribution in [2.24, 2.45) is 10.8 Å². The number of methoxy groups -OCH3 is 2. The summed E-state index contributed by atoms with van der Waals surface area (Å²) in [5.74, 6) is 1.15. The second-order valence-electron chi connectivity index (χ2n) is 2.97. The predicted molar refractivity (Wildman–Crippen MR) is 67.6 cm³/mol. The molecule has 2 amide bonds. The normalized spacial score (nSPS) is 10.3. The van der Waals surface area contributed by atoms with Gasteiger partial charge in [-0.05, 0) is 33.6 Å². The number of primary amides is 1. The van der Waals surface area contributed by atoms with Crippen molar-refractivity contribution in [3.63, 3.8) is 0 Å². The van der Waals surface area contributed by atoms with Crippen molar-refractivity contribution in [3.05, 3.63) is 22.2 Å². The zero-order chi connectivity index (χ0) is 12.8. The average molecular weight is 302 g/mol. The molecule has 17 heavy (non-hydrogen) atoms. The highest BCUT2D eigenvalue weighted by molar-refractivity contribution is 9.10. The largest absolute Gasteiger partial charge is 0.493 e. The van der Waals surface area contributed by atoms with Crippen LogP contribution in [0.4, 0.5) is 4.79 Å². The summed E-state index contributed by atoms with van der Waals surface area (Å²) in [5.41, 5.74) is 7.70. The molecule has 7 heteroatoms. The van der Waals surface area contributed by atoms with E-state index in [1.165, 1.54) is 13.3 Å². The third-order valence-corrected chi connectivity index (χ3v) is 2.43. The lowest BCUT2D eigenvalue weighted by Crippen LogP contribution is -2.24. The predicted octanol–water partition coefficient (Wildman–Crippen LogP) is 1.47. The van der Waals surface area contributed by atoms with Crippen LogP contribution in [0.2, 0.25) is 0 Å². The number of carbonyl (C=O) groups excluding carboxylic acids is 1. The topological polar surface area (TPSA) is 85.9 Å². The third-order valence-electron chi connectivity index (χ3n) is 1.84. The summed E-state index contributed by atoms with van der Waals surface area (Å²) >= 11 is 3.34. The maximum absolute atomic E-state index is 10.4. The number of halogens is 1. The standard InChI is InChI=1S/C10H12BrN3O3/c1-16-8-4-6(5-13-14-10(12)15)3-7(11)9(8)17-2/h3-5H,1-2H3,(H3,12,14,15)/b13-5+. The van der Waals surface area contributed by atoms with Gasteiger partial charge in [-0.15, -0.1) is 0 Å². The van der Waals surface area contributed by atoms with Crippen LogP contribution in [-0.4, -0.2) is 26.5 Å². The van der Waals surface area contributed by atoms with Crippen molar-refractivity contribution in [3.8, 4) is 11.5 Å². The number of nitrogens with one attached hydrogen (secondary N) is 1. The van der Waals surface area contributed by atoms with Gasteiger partial charge in [0, 0.05) is 0 Å². The first-order chi connectivity index (χ1) is 8.08. The summed E-state index contributed by atoms with van der Waals surface area (Å²) in [5, 5.41) is 3.65. The van der Waals surface area contributed by atoms with Crippen LogP contribution in [0, 0.1) is 0 Å². The van der Waals surface area contributed by atoms with Gasteiger partial charge in [-0.25, -0.2) is 10.2 Å². The molecule has 0 radical (unpaired) electrons. The van der Waals surface area contributed by atoms with E-state index in [4.69, 9.17) is 15.2 Å². The average Bonchev–Trinajstić information content (AvgIpc) is 2.27. The highest BCUT2D eigenvalue weighted by Crippen LogP contribution is 2.35. The van der Waals surface area contributed by atoms with E-state index in [2.05, 4.69) is 26.5 Å². The summed E-state index contributed by atoms with van der Waals surface area (Å²) < 4.78 is 11.0. The lowest BCUT2D eigenvalue weighted by atomic mass is 10.2. The first-order valence-electron chi connectivity index (χ1n) is 4.58. The molecule has 0 atom stereocenters. The molecule has 0 spiro atoms. The van der Waals surface area contributed by atoms with E-state index in [0.717, 1.165) is 10.0 Å². The van der Waals surface area contributed by atoms with E-state index in [9.17, 15) is 4.79 Å². The number of ether oxygens (including phenoxy) is 2. The number of hydrazone groups is 1. The fraction of sp³-hybridized carbons (Fsp3) is 0.200. The molecule has 1 aromatic rings. The lowest BCUT2D eigenvalue weighted by Gasteiger charge is -2.10. The zero-order valence-corrected chi connectivity index (χ0v) is 10.9. The van der Waals surface area contributed by atoms with E-state index < -0.39 is 6.03 Å². The van der Waals surface area contributed by atoms with E-state index in [1.807, 2.05) is 0 Å². The minimum absolute atomic E-state index is 0.558. The Morgan fingerprint density at radius 2 is 2.18 bits per heavy atom. The number of urea groups is 1. The minimum atomic E-state index is -0.721. The van der Waals surface area contributed by atoms with Crippen LogP contribution in [0.25, 0.3) is 0 Å². The molecule has 0 saturated heterocycles. The first-order valence-corrected chi connectivity index (χ1v) is 5.37. The molecule has 0 heterocycles. The van der Waals surface area contributed by atoms with Crippen LogP contribution in [0.5, 0.6) is 11.5 Å². The number of hydrogen-bond acceptors (Lipinski definition) is 4. The van der Waals surface area contributed by atoms with Crippen molar-refractivity contribution in [1.82, 2.24) is 5.43 Å². The molecule has 6 nitrogen and oxygen atoms in total. The summed E-state index contributed by atoms with van der Waals surface area (Å²) in [7, 11) is 3.08. The minimum Gasteiger partial charge on any atom is -0.493 e. The van der Waals surface area contributed by atoms with Crippen LogP contribution in [-0.2, 0) is 0 Å². The van der Waals surface area contributed by atoms with Crippen molar-refractivity contribution >= 4 is 28.2 Å². The Morgan fingerprint density at radius 1 is 1.47 bits per heavy atom. The smallest absolute Gasteiger partial charge is 0.332 e. The van der Waals surface area contributed by atoms with Gasteiger partial charge in [0.05, 0.1) is 24.9 Å². The van der Waals surface area contributed by atoms with Gasteiger partial charge in [-0.3, -0.25) is 0 Å². The van der Waals surface area contributed by atoms with Gasteiger partial charge >= 0.3 is 6.03 Å². The number of nitrogens with zero attached hydrogens (tertiary/aromatic N) is 1. The zero-order valence-electron chi connectivity index (χ0n) is 9.36. The monoisotopic (exact) mass is 301 g/mol. The molecular weight excluding hydrogens is 290 g/mol. The SMILES string of the molecule is COc1cc(/C=N/NC(N)=O)cc(Br)c1OC. The number of nitrogens with two attached hydrogens (primary N) is 1. The fourth-order valence-corrected chi connectivity index (χ4v) is 1.80. The lowest BCUT2D eigenvalue weighted by molar-refractivity contribution is 0.249. The van der Waals surface area contributed by atoms with Crippen LogP contribution in [0.3, 0.4) is 0 Å². The number of hydrogen-bond donors (Lipinski definition) is 2. The molecule has 0 fully saturated rings. The van der Waals surface area contributed by atoms with Gasteiger partial charge < -0.3 is 15.2 Å². The molecule has 0 saturated carbocycles. The third kappa shape index (κ3) is 3.63. The Kier molecular flexibility index (Phi) is 4.77. The summed E-state index contributed by atoms with van der Waals surface area (Å²) in [4.78, 5) is 10.4. The number of benzene rings is 1. The van der Waals surface area contributed by atoms with Crippen molar-refractivity contribution in [2.45, 2.75) is 0 Å². The van der Waals surface area contributed by atoms with Crippen LogP contribution in [0.1, 0.15) is 5.56 Å². The second kappa shape index (κ2) is 6.09. The summed E-state index contributed by atoms with van der Waals surface area (Å²) in [6.07, 6.45) is 1.44. The van der Waals surface area contributed by atoms with Gasteiger partial charge in [-0.2, -0.15) is 5.10 Å². The molecule has 92 valence electrons. The highest BCUT2D eigenvalue weighted by Gasteiger charge is 2.09. The van der Waals surface area contributed by atoms with Crippen LogP contribution < -0.4 is 20.6 Å². The van der Waals surface area contributed by atoms with Gasteiger partial charge in [0.2, 0.25) is 0 Å². The quantitative estimate of drug-likeness (QED) is 0.652. The number of amides is 2. The summed E-state index contributed by atoms with van der Waals surface area (Å²) in [6.45, 7) is 0. The van der Waals surface area contributed by atoms with Crippen molar-refractivity contribution in [2.75, 3.05) is 14.2 Å². The molecule has 0 aromatic heterocycles. The Hall–Kier alpha value is -1.76. The number of carbonyl (C=O) groups is 1. The van der Waals surface area contributed by atoms with Crippen molar-refractivity contribution in [1.29, 1.82) is 0 Å². The molecule has 0 aliphatic heterocycles. The summed E-state index contributed by atoms with van der Waals surface area (Å²) in [6, 6.07) is 2.77. The van der Waals surface area contributed by atoms with E-state index >= 15 is 0 Å². The Morgan fingerprint density at radius 3 is 2.71 bits per heavy atom. The molecule has 0 bridgehead atoms. The van der Waals surface area contributed by atoms with Crippen LogP contribution in [0.15, 0.2) is 21.7 Å². The maximum atomic E-state index is 10.4. The fourth-order valence-electron chi connectivity index (χ4n) is 1.18. The number of rotatable bonds is 4. The molecule has 3 N–H and O–H groups in total. The molecule has 0 aliphatic carbocycles. The van der Waals surface area contributed by atoms with E-state index in [1.54, 1.807) is 19.2 Å². The Bertz CT molecular complexity index is 449. The van der Waals surface area contributed by atoms with Crippen LogP contribution >= 0.6 is 15.9 Å². The molecular formula is C10H12BrN3O3. The molecule has 1 aromatic carbocycles. The van der Waals surface area contributed by atoms with E-state index in [-0.39, 0.29) is 0 Å². The Labute approximate surface area is 107 Å². The van der Waals surface area contributed by atoms with Gasteiger partial charge in [0.15, 0.2) is 11.5 Å². The highest BCUT2D eigenvalue weighted by atomic mass is 79.9. The molecule has 1 rings (SSSR count).